The van der Waals surface area contributed by atoms with Crippen molar-refractivity contribution in [3.63, 3.8) is 0 Å². The van der Waals surface area contributed by atoms with Crippen LogP contribution in [0, 0.1) is 6.92 Å². The SMILES string of the molecule is Cc1ccccc1CC1(O)CCN(CC2Cc3cc(O)ccc3O2)CC1. The fraction of sp³-hybridized carbons (Fsp3) is 0.455. The molecule has 0 aliphatic carbocycles. The average molecular weight is 353 g/mol. The predicted octanol–water partition coefficient (Wildman–Crippen LogP) is 3.07. The van der Waals surface area contributed by atoms with Crippen molar-refractivity contribution in [2.75, 3.05) is 19.6 Å². The number of phenolic OH excluding ortho intramolecular Hbond substituents is 1. The summed E-state index contributed by atoms with van der Waals surface area (Å²) < 4.78 is 6.01. The molecule has 1 fully saturated rings. The third-order valence-electron chi connectivity index (χ3n) is 5.81. The van der Waals surface area contributed by atoms with Crippen molar-refractivity contribution in [1.29, 1.82) is 0 Å². The first-order valence-electron chi connectivity index (χ1n) is 9.49. The smallest absolute Gasteiger partial charge is 0.123 e. The van der Waals surface area contributed by atoms with Crippen molar-refractivity contribution in [2.24, 2.45) is 0 Å². The Balaban J connectivity index is 1.31. The number of aliphatic hydroxyl groups is 1. The normalized spacial score (nSPS) is 22.0. The lowest BCUT2D eigenvalue weighted by atomic mass is 9.84. The van der Waals surface area contributed by atoms with Gasteiger partial charge in [-0.25, -0.2) is 0 Å². The highest BCUT2D eigenvalue weighted by molar-refractivity contribution is 5.42. The van der Waals surface area contributed by atoms with Crippen LogP contribution in [-0.4, -0.2) is 46.5 Å². The number of benzene rings is 2. The van der Waals surface area contributed by atoms with E-state index in [-0.39, 0.29) is 6.10 Å². The number of nitrogens with zero attached hydrogens (tertiary/aromatic N) is 1. The third kappa shape index (κ3) is 3.71. The number of hydrogen-bond donors (Lipinski definition) is 2. The van der Waals surface area contributed by atoms with Gasteiger partial charge >= 0.3 is 0 Å². The Morgan fingerprint density at radius 3 is 2.69 bits per heavy atom. The van der Waals surface area contributed by atoms with Gasteiger partial charge in [0.05, 0.1) is 5.60 Å². The molecule has 2 N–H and O–H groups in total. The second-order valence-electron chi connectivity index (χ2n) is 7.86. The molecule has 2 aromatic carbocycles. The van der Waals surface area contributed by atoms with E-state index in [1.54, 1.807) is 12.1 Å². The summed E-state index contributed by atoms with van der Waals surface area (Å²) in [7, 11) is 0. The number of hydrogen-bond acceptors (Lipinski definition) is 4. The largest absolute Gasteiger partial charge is 0.508 e. The Morgan fingerprint density at radius 1 is 1.15 bits per heavy atom. The maximum absolute atomic E-state index is 11.0. The summed E-state index contributed by atoms with van der Waals surface area (Å²) in [6.45, 7) is 4.77. The maximum Gasteiger partial charge on any atom is 0.123 e. The van der Waals surface area contributed by atoms with Crippen LogP contribution in [0.5, 0.6) is 11.5 Å². The van der Waals surface area contributed by atoms with Crippen molar-refractivity contribution in [1.82, 2.24) is 4.90 Å². The van der Waals surface area contributed by atoms with Gasteiger partial charge in [0.15, 0.2) is 0 Å². The fourth-order valence-corrected chi connectivity index (χ4v) is 4.19. The lowest BCUT2D eigenvalue weighted by Crippen LogP contribution is -2.48. The van der Waals surface area contributed by atoms with E-state index >= 15 is 0 Å². The molecule has 0 bridgehead atoms. The molecule has 0 radical (unpaired) electrons. The number of aryl methyl sites for hydroxylation is 1. The predicted molar refractivity (Wildman–Crippen MR) is 102 cm³/mol. The van der Waals surface area contributed by atoms with Gasteiger partial charge in [-0.2, -0.15) is 0 Å². The van der Waals surface area contributed by atoms with E-state index < -0.39 is 5.60 Å². The zero-order valence-electron chi connectivity index (χ0n) is 15.3. The summed E-state index contributed by atoms with van der Waals surface area (Å²) in [5, 5.41) is 20.6. The van der Waals surface area contributed by atoms with Crippen molar-refractivity contribution in [2.45, 2.75) is 44.3 Å². The van der Waals surface area contributed by atoms with E-state index in [9.17, 15) is 10.2 Å². The van der Waals surface area contributed by atoms with Crippen LogP contribution >= 0.6 is 0 Å². The Kier molecular flexibility index (Phi) is 4.63. The molecule has 26 heavy (non-hydrogen) atoms. The van der Waals surface area contributed by atoms with E-state index in [1.165, 1.54) is 11.1 Å². The highest BCUT2D eigenvalue weighted by Crippen LogP contribution is 2.33. The first-order valence-corrected chi connectivity index (χ1v) is 9.49. The zero-order chi connectivity index (χ0) is 18.1. The van der Waals surface area contributed by atoms with Crippen molar-refractivity contribution >= 4 is 0 Å². The summed E-state index contributed by atoms with van der Waals surface area (Å²) in [5.74, 6) is 1.19. The molecule has 4 nitrogen and oxygen atoms in total. The number of likely N-dealkylation sites (tertiary alicyclic amines) is 1. The van der Waals surface area contributed by atoms with E-state index in [4.69, 9.17) is 4.74 Å². The molecule has 0 spiro atoms. The third-order valence-corrected chi connectivity index (χ3v) is 5.81. The Bertz CT molecular complexity index is 781. The molecule has 0 aromatic heterocycles. The van der Waals surface area contributed by atoms with Gasteiger partial charge in [0.25, 0.3) is 0 Å². The second kappa shape index (κ2) is 6.93. The van der Waals surface area contributed by atoms with E-state index in [1.807, 2.05) is 18.2 Å². The molecule has 1 unspecified atom stereocenters. The monoisotopic (exact) mass is 353 g/mol. The summed E-state index contributed by atoms with van der Waals surface area (Å²) in [6, 6.07) is 13.7. The fourth-order valence-electron chi connectivity index (χ4n) is 4.19. The average Bonchev–Trinajstić information content (AvgIpc) is 3.01. The first-order chi connectivity index (χ1) is 12.5. The van der Waals surface area contributed by atoms with Gasteiger partial charge in [0.1, 0.15) is 17.6 Å². The molecule has 2 aliphatic rings. The number of rotatable bonds is 4. The van der Waals surface area contributed by atoms with Gasteiger partial charge < -0.3 is 14.9 Å². The standard InChI is InChI=1S/C22H27NO3/c1-16-4-2-3-5-17(16)14-22(25)8-10-23(11-9-22)15-20-13-18-12-19(24)6-7-21(18)26-20/h2-7,12,20,24-25H,8-11,13-15H2,1H3. The Hall–Kier alpha value is -2.04. The number of aromatic hydroxyl groups is 1. The Labute approximate surface area is 155 Å². The summed E-state index contributed by atoms with van der Waals surface area (Å²) in [6.07, 6.45) is 3.30. The highest BCUT2D eigenvalue weighted by atomic mass is 16.5. The van der Waals surface area contributed by atoms with E-state index in [2.05, 4.69) is 24.0 Å². The number of piperidine rings is 1. The molecule has 0 amide bonds. The molecule has 1 atom stereocenters. The van der Waals surface area contributed by atoms with E-state index in [0.29, 0.717) is 5.75 Å². The minimum Gasteiger partial charge on any atom is -0.508 e. The molecular formula is C22H27NO3. The maximum atomic E-state index is 11.0. The molecule has 138 valence electrons. The van der Waals surface area contributed by atoms with Gasteiger partial charge in [-0.05, 0) is 49.1 Å². The van der Waals surface area contributed by atoms with Gasteiger partial charge in [0.2, 0.25) is 0 Å². The Morgan fingerprint density at radius 2 is 1.92 bits per heavy atom. The topological polar surface area (TPSA) is 52.9 Å². The molecule has 0 saturated carbocycles. The number of fused-ring (bicyclic) bond motifs is 1. The van der Waals surface area contributed by atoms with E-state index in [0.717, 1.165) is 56.6 Å². The molecule has 2 aliphatic heterocycles. The number of phenols is 1. The molecular weight excluding hydrogens is 326 g/mol. The quantitative estimate of drug-likeness (QED) is 0.887. The molecule has 2 heterocycles. The lowest BCUT2D eigenvalue weighted by molar-refractivity contribution is -0.0265. The summed E-state index contributed by atoms with van der Waals surface area (Å²) in [4.78, 5) is 2.39. The van der Waals surface area contributed by atoms with Crippen LogP contribution in [-0.2, 0) is 12.8 Å². The van der Waals surface area contributed by atoms with Gasteiger partial charge in [-0.3, -0.25) is 4.90 Å². The van der Waals surface area contributed by atoms with Crippen molar-refractivity contribution in [3.05, 3.63) is 59.2 Å². The summed E-state index contributed by atoms with van der Waals surface area (Å²) >= 11 is 0. The van der Waals surface area contributed by atoms with Gasteiger partial charge in [0, 0.05) is 38.0 Å². The van der Waals surface area contributed by atoms with Gasteiger partial charge in [-0.15, -0.1) is 0 Å². The van der Waals surface area contributed by atoms with Crippen molar-refractivity contribution < 1.29 is 14.9 Å². The molecule has 4 heteroatoms. The number of ether oxygens (including phenoxy) is 1. The van der Waals surface area contributed by atoms with Crippen LogP contribution in [0.15, 0.2) is 42.5 Å². The lowest BCUT2D eigenvalue weighted by Gasteiger charge is -2.39. The molecule has 4 rings (SSSR count). The molecule has 1 saturated heterocycles. The second-order valence-corrected chi connectivity index (χ2v) is 7.86. The highest BCUT2D eigenvalue weighted by Gasteiger charge is 2.34. The van der Waals surface area contributed by atoms with Crippen molar-refractivity contribution in [3.8, 4) is 11.5 Å². The first kappa shape index (κ1) is 17.4. The van der Waals surface area contributed by atoms with Crippen LogP contribution in [0.25, 0.3) is 0 Å². The van der Waals surface area contributed by atoms with Crippen LogP contribution in [0.4, 0.5) is 0 Å². The molecule has 2 aromatic rings. The minimum absolute atomic E-state index is 0.134. The van der Waals surface area contributed by atoms with Crippen LogP contribution in [0.3, 0.4) is 0 Å². The van der Waals surface area contributed by atoms with Gasteiger partial charge in [-0.1, -0.05) is 24.3 Å². The van der Waals surface area contributed by atoms with Crippen LogP contribution in [0.1, 0.15) is 29.5 Å². The van der Waals surface area contributed by atoms with Crippen LogP contribution < -0.4 is 4.74 Å². The summed E-state index contributed by atoms with van der Waals surface area (Å²) in [5.41, 5.74) is 2.98. The zero-order valence-corrected chi connectivity index (χ0v) is 15.3. The van der Waals surface area contributed by atoms with Crippen LogP contribution in [0.2, 0.25) is 0 Å². The minimum atomic E-state index is -0.603.